The molecule has 306 valence electrons. The normalized spacial score (nSPS) is 13.8. The van der Waals surface area contributed by atoms with Gasteiger partial charge in [0.2, 0.25) is 0 Å². The molecule has 0 saturated heterocycles. The number of fused-ring (bicyclic) bond motifs is 4. The van der Waals surface area contributed by atoms with Gasteiger partial charge in [0, 0.05) is 34.1 Å². The predicted octanol–water partition coefficient (Wildman–Crippen LogP) is 14.3. The third kappa shape index (κ3) is 7.31. The van der Waals surface area contributed by atoms with Crippen LogP contribution < -0.4 is 26.2 Å². The Morgan fingerprint density at radius 2 is 0.738 bits per heavy atom. The van der Waals surface area contributed by atoms with Gasteiger partial charge in [0.05, 0.1) is 0 Å². The summed E-state index contributed by atoms with van der Waals surface area (Å²) >= 11 is 0. The number of benzene rings is 7. The van der Waals surface area contributed by atoms with E-state index >= 15 is 0 Å². The van der Waals surface area contributed by atoms with Gasteiger partial charge in [-0.05, 0) is 131 Å². The summed E-state index contributed by atoms with van der Waals surface area (Å²) in [5.41, 5.74) is 21.6. The maximum atomic E-state index is 2.58. The lowest BCUT2D eigenvalue weighted by Gasteiger charge is -2.45. The molecule has 0 saturated carbocycles. The van der Waals surface area contributed by atoms with E-state index in [4.69, 9.17) is 0 Å². The van der Waals surface area contributed by atoms with Crippen molar-refractivity contribution in [1.82, 2.24) is 0 Å². The summed E-state index contributed by atoms with van der Waals surface area (Å²) in [6, 6.07) is 58.3. The van der Waals surface area contributed by atoms with E-state index in [1.807, 2.05) is 0 Å². The van der Waals surface area contributed by atoms with Crippen molar-refractivity contribution in [3.63, 3.8) is 0 Å². The van der Waals surface area contributed by atoms with Gasteiger partial charge in [-0.3, -0.25) is 0 Å². The van der Waals surface area contributed by atoms with E-state index in [0.717, 1.165) is 5.69 Å². The van der Waals surface area contributed by atoms with E-state index in [0.29, 0.717) is 0 Å². The fourth-order valence-electron chi connectivity index (χ4n) is 9.38. The molecule has 61 heavy (non-hydrogen) atoms. The van der Waals surface area contributed by atoms with Crippen LogP contribution in [0.5, 0.6) is 0 Å². The lowest BCUT2D eigenvalue weighted by atomic mass is 9.33. The monoisotopic (exact) mass is 796 g/mol. The van der Waals surface area contributed by atoms with Crippen LogP contribution in [-0.4, -0.2) is 6.71 Å². The van der Waals surface area contributed by atoms with E-state index in [-0.39, 0.29) is 28.4 Å². The average molecular weight is 797 g/mol. The molecule has 9 rings (SSSR count). The Morgan fingerprint density at radius 1 is 0.311 bits per heavy atom. The second-order valence-corrected chi connectivity index (χ2v) is 21.6. The highest BCUT2D eigenvalue weighted by Gasteiger charge is 2.44. The van der Waals surface area contributed by atoms with Crippen molar-refractivity contribution in [3.05, 3.63) is 174 Å². The summed E-state index contributed by atoms with van der Waals surface area (Å²) in [6.45, 7) is 27.7. The molecule has 2 aliphatic rings. The molecule has 0 atom stereocenters. The SMILES string of the molecule is CC(C)(C)c1ccc(-c2cc3c4c(c2)N(c2ccc(C(C)(C)C)cc2)c2cc(C(C)(C)C)ccc2B4c2cc(-c4ccccc4)ccc2N3c2ccc(C(C)(C)C)cc2)cc1. The third-order valence-electron chi connectivity index (χ3n) is 13.1. The number of hydrogen-bond acceptors (Lipinski definition) is 2. The van der Waals surface area contributed by atoms with Crippen LogP contribution >= 0.6 is 0 Å². The molecule has 0 radical (unpaired) electrons. The van der Waals surface area contributed by atoms with Gasteiger partial charge in [0.15, 0.2) is 0 Å². The summed E-state index contributed by atoms with van der Waals surface area (Å²) in [5.74, 6) is 0. The van der Waals surface area contributed by atoms with Crippen molar-refractivity contribution < 1.29 is 0 Å². The van der Waals surface area contributed by atoms with Crippen molar-refractivity contribution in [1.29, 1.82) is 0 Å². The smallest absolute Gasteiger partial charge is 0.252 e. The molecule has 2 heterocycles. The molecule has 3 heteroatoms. The van der Waals surface area contributed by atoms with Gasteiger partial charge in [0.1, 0.15) is 0 Å². The standard InChI is InChI=1S/C58H61BN2/c1-55(2,3)42-21-18-39(19-22-42)41-35-52-54-53(36-41)61(47-30-25-44(26-31-47)57(7,8)9)51-37-45(58(10,11)12)27-32-48(51)59(54)49-34-40(38-16-14-13-15-17-38)20-33-50(49)60(52)46-28-23-43(24-29-46)56(4,5)6/h13-37H,1-12H3. The van der Waals surface area contributed by atoms with E-state index < -0.39 is 0 Å². The number of anilines is 6. The van der Waals surface area contributed by atoms with Crippen LogP contribution in [0, 0.1) is 0 Å². The Morgan fingerprint density at radius 3 is 1.23 bits per heavy atom. The van der Waals surface area contributed by atoms with E-state index in [2.05, 4.69) is 245 Å². The van der Waals surface area contributed by atoms with Gasteiger partial charge in [-0.15, -0.1) is 0 Å². The molecule has 0 aromatic heterocycles. The first-order valence-corrected chi connectivity index (χ1v) is 22.2. The van der Waals surface area contributed by atoms with Gasteiger partial charge < -0.3 is 9.80 Å². The van der Waals surface area contributed by atoms with Crippen molar-refractivity contribution >= 4 is 57.2 Å². The molecule has 0 unspecified atom stereocenters. The highest BCUT2D eigenvalue weighted by Crippen LogP contribution is 2.47. The first-order chi connectivity index (χ1) is 28.8. The molecule has 0 amide bonds. The maximum absolute atomic E-state index is 2.58. The second kappa shape index (κ2) is 14.4. The summed E-state index contributed by atoms with van der Waals surface area (Å²) in [7, 11) is 0. The largest absolute Gasteiger partial charge is 0.311 e. The Labute approximate surface area is 366 Å². The number of hydrogen-bond donors (Lipinski definition) is 0. The van der Waals surface area contributed by atoms with Crippen LogP contribution in [-0.2, 0) is 21.7 Å². The Balaban J connectivity index is 1.39. The molecular weight excluding hydrogens is 735 g/mol. The zero-order valence-corrected chi connectivity index (χ0v) is 38.4. The minimum absolute atomic E-state index is 0.0141. The zero-order chi connectivity index (χ0) is 43.2. The molecule has 7 aromatic rings. The minimum Gasteiger partial charge on any atom is -0.311 e. The molecule has 7 aromatic carbocycles. The van der Waals surface area contributed by atoms with E-state index in [1.54, 1.807) is 0 Å². The van der Waals surface area contributed by atoms with Gasteiger partial charge in [-0.1, -0.05) is 186 Å². The molecule has 2 aliphatic heterocycles. The highest BCUT2D eigenvalue weighted by molar-refractivity contribution is 7.00. The van der Waals surface area contributed by atoms with Crippen LogP contribution in [0.2, 0.25) is 0 Å². The van der Waals surface area contributed by atoms with Crippen LogP contribution in [0.15, 0.2) is 152 Å². The second-order valence-electron chi connectivity index (χ2n) is 21.6. The first-order valence-electron chi connectivity index (χ1n) is 22.2. The maximum Gasteiger partial charge on any atom is 0.252 e. The Kier molecular flexibility index (Phi) is 9.59. The van der Waals surface area contributed by atoms with Crippen molar-refractivity contribution in [3.8, 4) is 22.3 Å². The molecule has 2 nitrogen and oxygen atoms in total. The van der Waals surface area contributed by atoms with Gasteiger partial charge in [0.25, 0.3) is 6.71 Å². The fourth-order valence-corrected chi connectivity index (χ4v) is 9.38. The number of rotatable bonds is 4. The Hall–Kier alpha value is -5.80. The quantitative estimate of drug-likeness (QED) is 0.164. The van der Waals surface area contributed by atoms with E-state index in [1.165, 1.54) is 89.3 Å². The molecule has 0 spiro atoms. The van der Waals surface area contributed by atoms with Gasteiger partial charge in [-0.25, -0.2) is 0 Å². The van der Waals surface area contributed by atoms with Crippen LogP contribution in [0.25, 0.3) is 22.3 Å². The third-order valence-corrected chi connectivity index (χ3v) is 13.1. The number of nitrogens with zero attached hydrogens (tertiary/aromatic N) is 2. The first kappa shape index (κ1) is 40.6. The molecule has 0 N–H and O–H groups in total. The van der Waals surface area contributed by atoms with Crippen molar-refractivity contribution in [2.45, 2.75) is 105 Å². The average Bonchev–Trinajstić information content (AvgIpc) is 3.22. The van der Waals surface area contributed by atoms with Crippen molar-refractivity contribution in [2.24, 2.45) is 0 Å². The highest BCUT2D eigenvalue weighted by atomic mass is 15.2. The predicted molar refractivity (Wildman–Crippen MR) is 266 cm³/mol. The zero-order valence-electron chi connectivity index (χ0n) is 38.4. The molecule has 0 fully saturated rings. The minimum atomic E-state index is -0.0279. The van der Waals surface area contributed by atoms with Crippen LogP contribution in [0.3, 0.4) is 0 Å². The molecule has 0 aliphatic carbocycles. The van der Waals surface area contributed by atoms with Gasteiger partial charge in [-0.2, -0.15) is 0 Å². The summed E-state index contributed by atoms with van der Waals surface area (Å²) < 4.78 is 0. The summed E-state index contributed by atoms with van der Waals surface area (Å²) in [4.78, 5) is 5.13. The lowest BCUT2D eigenvalue weighted by Crippen LogP contribution is -2.61. The molecule has 0 bridgehead atoms. The van der Waals surface area contributed by atoms with Crippen LogP contribution in [0.4, 0.5) is 34.1 Å². The van der Waals surface area contributed by atoms with Gasteiger partial charge >= 0.3 is 0 Å². The summed E-state index contributed by atoms with van der Waals surface area (Å²) in [5, 5.41) is 0. The van der Waals surface area contributed by atoms with E-state index in [9.17, 15) is 0 Å². The van der Waals surface area contributed by atoms with Crippen LogP contribution in [0.1, 0.15) is 105 Å². The lowest BCUT2D eigenvalue weighted by molar-refractivity contribution is 0.590. The Bertz CT molecular complexity index is 2750. The topological polar surface area (TPSA) is 6.48 Å². The van der Waals surface area contributed by atoms with Crippen molar-refractivity contribution in [2.75, 3.05) is 9.80 Å². The fraction of sp³-hybridized carbons (Fsp3) is 0.276. The summed E-state index contributed by atoms with van der Waals surface area (Å²) in [6.07, 6.45) is 0. The molecular formula is C58H61BN2.